The SMILES string of the molecule is NC(=O)[C@@H]1Cc2ccccc2CN1CC(=O)Nc1ccccc1C(=O)c1ccccc1. The van der Waals surface area contributed by atoms with Gasteiger partial charge in [-0.1, -0.05) is 66.7 Å². The van der Waals surface area contributed by atoms with E-state index in [1.54, 1.807) is 53.4 Å². The van der Waals surface area contributed by atoms with E-state index in [1.807, 2.05) is 30.3 Å². The van der Waals surface area contributed by atoms with E-state index in [2.05, 4.69) is 5.32 Å². The highest BCUT2D eigenvalue weighted by molar-refractivity contribution is 6.13. The molecule has 3 N–H and O–H groups in total. The Hall–Kier alpha value is -3.77. The fraction of sp³-hybridized carbons (Fsp3) is 0.160. The fourth-order valence-electron chi connectivity index (χ4n) is 3.93. The Kier molecular flexibility index (Phi) is 5.91. The largest absolute Gasteiger partial charge is 0.368 e. The molecule has 1 atom stereocenters. The molecule has 156 valence electrons. The second kappa shape index (κ2) is 8.93. The minimum atomic E-state index is -0.554. The molecule has 0 aliphatic carbocycles. The molecule has 31 heavy (non-hydrogen) atoms. The number of benzene rings is 3. The maximum absolute atomic E-state index is 12.9. The molecule has 3 aromatic rings. The predicted molar refractivity (Wildman–Crippen MR) is 118 cm³/mol. The maximum atomic E-state index is 12.9. The monoisotopic (exact) mass is 413 g/mol. The first-order valence-electron chi connectivity index (χ1n) is 10.1. The molecule has 1 aliphatic heterocycles. The summed E-state index contributed by atoms with van der Waals surface area (Å²) < 4.78 is 0. The Bertz CT molecular complexity index is 1130. The fourth-order valence-corrected chi connectivity index (χ4v) is 3.93. The first kappa shape index (κ1) is 20.5. The Balaban J connectivity index is 1.52. The van der Waals surface area contributed by atoms with Crippen molar-refractivity contribution in [3.8, 4) is 0 Å². The van der Waals surface area contributed by atoms with Crippen molar-refractivity contribution < 1.29 is 14.4 Å². The Morgan fingerprint density at radius 1 is 0.871 bits per heavy atom. The summed E-state index contributed by atoms with van der Waals surface area (Å²) in [6.07, 6.45) is 0.474. The Morgan fingerprint density at radius 3 is 2.26 bits per heavy atom. The molecule has 1 aliphatic rings. The summed E-state index contributed by atoms with van der Waals surface area (Å²) in [5.41, 5.74) is 9.16. The number of hydrogen-bond donors (Lipinski definition) is 2. The molecule has 0 saturated carbocycles. The molecular formula is C25H23N3O3. The topological polar surface area (TPSA) is 92.5 Å². The van der Waals surface area contributed by atoms with Crippen molar-refractivity contribution in [2.75, 3.05) is 11.9 Å². The molecule has 0 bridgehead atoms. The minimum Gasteiger partial charge on any atom is -0.368 e. The summed E-state index contributed by atoms with van der Waals surface area (Å²) in [6.45, 7) is 0.456. The summed E-state index contributed by atoms with van der Waals surface area (Å²) in [5, 5.41) is 2.84. The first-order chi connectivity index (χ1) is 15.0. The minimum absolute atomic E-state index is 0.00416. The van der Waals surface area contributed by atoms with Gasteiger partial charge in [-0.15, -0.1) is 0 Å². The van der Waals surface area contributed by atoms with Crippen LogP contribution in [0.25, 0.3) is 0 Å². The molecular weight excluding hydrogens is 390 g/mol. The van der Waals surface area contributed by atoms with Gasteiger partial charge in [0.05, 0.1) is 18.3 Å². The summed E-state index contributed by atoms with van der Waals surface area (Å²) in [6, 6.07) is 23.1. The zero-order valence-electron chi connectivity index (χ0n) is 17.0. The number of carbonyl (C=O) groups is 3. The van der Waals surface area contributed by atoms with Gasteiger partial charge < -0.3 is 11.1 Å². The normalized spacial score (nSPS) is 15.7. The highest BCUT2D eigenvalue weighted by Gasteiger charge is 2.31. The zero-order valence-corrected chi connectivity index (χ0v) is 17.0. The van der Waals surface area contributed by atoms with E-state index in [0.29, 0.717) is 29.8 Å². The third-order valence-corrected chi connectivity index (χ3v) is 5.50. The molecule has 6 heteroatoms. The van der Waals surface area contributed by atoms with Gasteiger partial charge in [0.1, 0.15) is 0 Å². The van der Waals surface area contributed by atoms with Crippen molar-refractivity contribution in [2.24, 2.45) is 5.73 Å². The molecule has 6 nitrogen and oxygen atoms in total. The van der Waals surface area contributed by atoms with Crippen LogP contribution < -0.4 is 11.1 Å². The van der Waals surface area contributed by atoms with Gasteiger partial charge in [-0.25, -0.2) is 0 Å². The molecule has 3 aromatic carbocycles. The van der Waals surface area contributed by atoms with Crippen LogP contribution in [-0.4, -0.2) is 35.1 Å². The number of primary amides is 1. The van der Waals surface area contributed by atoms with Gasteiger partial charge in [0.25, 0.3) is 0 Å². The number of hydrogen-bond acceptors (Lipinski definition) is 4. The van der Waals surface area contributed by atoms with Gasteiger partial charge in [-0.2, -0.15) is 0 Å². The van der Waals surface area contributed by atoms with Crippen molar-refractivity contribution in [2.45, 2.75) is 19.0 Å². The van der Waals surface area contributed by atoms with Gasteiger partial charge in [0, 0.05) is 17.7 Å². The standard InChI is InChI=1S/C25H23N3O3/c26-25(31)22-14-18-10-4-5-11-19(18)15-28(22)16-23(29)27-21-13-7-6-12-20(21)24(30)17-8-2-1-3-9-17/h1-13,22H,14-16H2,(H2,26,31)(H,27,29)/t22-/m0/s1. The van der Waals surface area contributed by atoms with E-state index in [-0.39, 0.29) is 18.2 Å². The maximum Gasteiger partial charge on any atom is 0.238 e. The summed E-state index contributed by atoms with van der Waals surface area (Å²) in [5.74, 6) is -0.931. The summed E-state index contributed by atoms with van der Waals surface area (Å²) in [4.78, 5) is 39.5. The third-order valence-electron chi connectivity index (χ3n) is 5.50. The number of ketones is 1. The van der Waals surface area contributed by atoms with E-state index < -0.39 is 11.9 Å². The van der Waals surface area contributed by atoms with Gasteiger partial charge in [0.15, 0.2) is 5.78 Å². The number of nitrogens with zero attached hydrogens (tertiary/aromatic N) is 1. The van der Waals surface area contributed by atoms with E-state index >= 15 is 0 Å². The van der Waals surface area contributed by atoms with E-state index in [9.17, 15) is 14.4 Å². The van der Waals surface area contributed by atoms with Crippen LogP contribution in [0.3, 0.4) is 0 Å². The number of para-hydroxylation sites is 1. The third kappa shape index (κ3) is 4.54. The van der Waals surface area contributed by atoms with Crippen LogP contribution in [0, 0.1) is 0 Å². The highest BCUT2D eigenvalue weighted by Crippen LogP contribution is 2.24. The predicted octanol–water partition coefficient (Wildman–Crippen LogP) is 2.77. The molecule has 1 heterocycles. The molecule has 4 rings (SSSR count). The smallest absolute Gasteiger partial charge is 0.238 e. The molecule has 0 spiro atoms. The van der Waals surface area contributed by atoms with Gasteiger partial charge in [-0.05, 0) is 29.7 Å². The molecule has 0 saturated heterocycles. The van der Waals surface area contributed by atoms with Crippen LogP contribution in [-0.2, 0) is 22.6 Å². The van der Waals surface area contributed by atoms with Crippen molar-refractivity contribution in [3.05, 3.63) is 101 Å². The van der Waals surface area contributed by atoms with E-state index in [4.69, 9.17) is 5.73 Å². The summed E-state index contributed by atoms with van der Waals surface area (Å²) in [7, 11) is 0. The van der Waals surface area contributed by atoms with Gasteiger partial charge in [0.2, 0.25) is 11.8 Å². The average Bonchev–Trinajstić information content (AvgIpc) is 2.79. The quantitative estimate of drug-likeness (QED) is 0.608. The molecule has 0 aromatic heterocycles. The number of nitrogens with two attached hydrogens (primary N) is 1. The van der Waals surface area contributed by atoms with Crippen LogP contribution in [0.4, 0.5) is 5.69 Å². The number of fused-ring (bicyclic) bond motifs is 1. The van der Waals surface area contributed by atoms with Crippen LogP contribution in [0.2, 0.25) is 0 Å². The van der Waals surface area contributed by atoms with Crippen LogP contribution in [0.1, 0.15) is 27.0 Å². The second-order valence-electron chi connectivity index (χ2n) is 7.58. The molecule has 2 amide bonds. The van der Waals surface area contributed by atoms with Crippen molar-refractivity contribution in [1.82, 2.24) is 4.90 Å². The Morgan fingerprint density at radius 2 is 1.52 bits per heavy atom. The number of nitrogens with one attached hydrogen (secondary N) is 1. The number of carbonyl (C=O) groups excluding carboxylic acids is 3. The van der Waals surface area contributed by atoms with Crippen LogP contribution in [0.5, 0.6) is 0 Å². The molecule has 0 fully saturated rings. The van der Waals surface area contributed by atoms with Gasteiger partial charge in [-0.3, -0.25) is 19.3 Å². The lowest BCUT2D eigenvalue weighted by Gasteiger charge is -2.34. The zero-order chi connectivity index (χ0) is 21.8. The van der Waals surface area contributed by atoms with E-state index in [0.717, 1.165) is 11.1 Å². The van der Waals surface area contributed by atoms with E-state index in [1.165, 1.54) is 0 Å². The molecule has 0 unspecified atom stereocenters. The summed E-state index contributed by atoms with van der Waals surface area (Å²) >= 11 is 0. The number of rotatable bonds is 6. The lowest BCUT2D eigenvalue weighted by Crippen LogP contribution is -2.50. The second-order valence-corrected chi connectivity index (χ2v) is 7.58. The Labute approximate surface area is 180 Å². The van der Waals surface area contributed by atoms with Crippen molar-refractivity contribution in [1.29, 1.82) is 0 Å². The highest BCUT2D eigenvalue weighted by atomic mass is 16.2. The number of amides is 2. The lowest BCUT2D eigenvalue weighted by molar-refractivity contribution is -0.125. The average molecular weight is 413 g/mol. The van der Waals surface area contributed by atoms with Crippen molar-refractivity contribution >= 4 is 23.3 Å². The number of anilines is 1. The van der Waals surface area contributed by atoms with Crippen LogP contribution in [0.15, 0.2) is 78.9 Å². The first-order valence-corrected chi connectivity index (χ1v) is 10.1. The molecule has 0 radical (unpaired) electrons. The van der Waals surface area contributed by atoms with Crippen LogP contribution >= 0.6 is 0 Å². The van der Waals surface area contributed by atoms with Crippen molar-refractivity contribution in [3.63, 3.8) is 0 Å². The van der Waals surface area contributed by atoms with Gasteiger partial charge >= 0.3 is 0 Å². The lowest BCUT2D eigenvalue weighted by atomic mass is 9.93.